The maximum atomic E-state index is 13.4. The maximum absolute atomic E-state index is 13.4. The first kappa shape index (κ1) is 12.9. The minimum Gasteiger partial charge on any atom is -0.435 e. The molecule has 0 spiro atoms. The van der Waals surface area contributed by atoms with Crippen LogP contribution in [-0.2, 0) is 0 Å². The fraction of sp³-hybridized carbons (Fsp3) is 0.500. The second-order valence-electron chi connectivity index (χ2n) is 3.75. The third-order valence-electron chi connectivity index (χ3n) is 2.45. The van der Waals surface area contributed by atoms with Crippen LogP contribution in [0.2, 0.25) is 0 Å². The predicted molar refractivity (Wildman–Crippen MR) is 56.4 cm³/mol. The highest BCUT2D eigenvalue weighted by molar-refractivity contribution is 5.32. The molecule has 0 aromatic heterocycles. The van der Waals surface area contributed by atoms with E-state index in [0.717, 1.165) is 12.8 Å². The SMILES string of the molecule is CCCC(C)c1cc(OC(F)F)ccc1F. The predicted octanol–water partition coefficient (Wildman–Crippen LogP) is 4.33. The molecule has 4 heteroatoms. The van der Waals surface area contributed by atoms with E-state index in [9.17, 15) is 13.2 Å². The molecule has 0 fully saturated rings. The van der Waals surface area contributed by atoms with Gasteiger partial charge in [-0.2, -0.15) is 8.78 Å². The lowest BCUT2D eigenvalue weighted by molar-refractivity contribution is -0.0499. The summed E-state index contributed by atoms with van der Waals surface area (Å²) in [5.74, 6) is -0.358. The molecule has 90 valence electrons. The highest BCUT2D eigenvalue weighted by atomic mass is 19.3. The van der Waals surface area contributed by atoms with Gasteiger partial charge in [0.25, 0.3) is 0 Å². The van der Waals surface area contributed by atoms with Crippen LogP contribution in [0.3, 0.4) is 0 Å². The van der Waals surface area contributed by atoms with Crippen LogP contribution in [0.5, 0.6) is 5.75 Å². The lowest BCUT2D eigenvalue weighted by atomic mass is 9.96. The van der Waals surface area contributed by atoms with Crippen molar-refractivity contribution in [3.63, 3.8) is 0 Å². The zero-order valence-electron chi connectivity index (χ0n) is 9.34. The van der Waals surface area contributed by atoms with Crippen LogP contribution in [0.15, 0.2) is 18.2 Å². The van der Waals surface area contributed by atoms with Gasteiger partial charge in [-0.3, -0.25) is 0 Å². The number of ether oxygens (including phenoxy) is 1. The van der Waals surface area contributed by atoms with Gasteiger partial charge < -0.3 is 4.74 Å². The Morgan fingerprint density at radius 1 is 1.31 bits per heavy atom. The summed E-state index contributed by atoms with van der Waals surface area (Å²) in [4.78, 5) is 0. The summed E-state index contributed by atoms with van der Waals surface area (Å²) in [7, 11) is 0. The van der Waals surface area contributed by atoms with Crippen molar-refractivity contribution >= 4 is 0 Å². The molecule has 0 aliphatic rings. The molecule has 0 radical (unpaired) electrons. The molecule has 16 heavy (non-hydrogen) atoms. The van der Waals surface area contributed by atoms with Gasteiger partial charge in [0.2, 0.25) is 0 Å². The van der Waals surface area contributed by atoms with Gasteiger partial charge in [-0.25, -0.2) is 4.39 Å². The molecule has 1 aromatic rings. The van der Waals surface area contributed by atoms with Crippen LogP contribution < -0.4 is 4.74 Å². The molecule has 0 N–H and O–H groups in total. The molecule has 0 bridgehead atoms. The van der Waals surface area contributed by atoms with Crippen molar-refractivity contribution in [3.05, 3.63) is 29.6 Å². The lowest BCUT2D eigenvalue weighted by Crippen LogP contribution is -2.04. The molecule has 1 unspecified atom stereocenters. The fourth-order valence-corrected chi connectivity index (χ4v) is 1.66. The molecular weight excluding hydrogens is 217 g/mol. The number of rotatable bonds is 5. The third kappa shape index (κ3) is 3.43. The molecule has 0 aliphatic carbocycles. The van der Waals surface area contributed by atoms with Gasteiger partial charge >= 0.3 is 6.61 Å². The summed E-state index contributed by atoms with van der Waals surface area (Å²) in [5, 5.41) is 0. The second-order valence-corrected chi connectivity index (χ2v) is 3.75. The molecule has 1 atom stereocenters. The minimum absolute atomic E-state index is 0.00576. The zero-order valence-corrected chi connectivity index (χ0v) is 9.34. The molecule has 0 aliphatic heterocycles. The number of halogens is 3. The Morgan fingerprint density at radius 2 is 2.00 bits per heavy atom. The van der Waals surface area contributed by atoms with Gasteiger partial charge in [0.15, 0.2) is 0 Å². The van der Waals surface area contributed by atoms with E-state index in [0.29, 0.717) is 5.56 Å². The van der Waals surface area contributed by atoms with E-state index in [1.54, 1.807) is 0 Å². The van der Waals surface area contributed by atoms with Crippen molar-refractivity contribution in [2.24, 2.45) is 0 Å². The van der Waals surface area contributed by atoms with Crippen molar-refractivity contribution in [1.29, 1.82) is 0 Å². The van der Waals surface area contributed by atoms with Crippen LogP contribution in [0.1, 0.15) is 38.2 Å². The fourth-order valence-electron chi connectivity index (χ4n) is 1.66. The highest BCUT2D eigenvalue weighted by Crippen LogP contribution is 2.27. The molecular formula is C12H15F3O. The van der Waals surface area contributed by atoms with Crippen LogP contribution in [-0.4, -0.2) is 6.61 Å². The summed E-state index contributed by atoms with van der Waals surface area (Å²) >= 11 is 0. The monoisotopic (exact) mass is 232 g/mol. The van der Waals surface area contributed by atoms with Crippen molar-refractivity contribution in [1.82, 2.24) is 0 Å². The molecule has 0 amide bonds. The topological polar surface area (TPSA) is 9.23 Å². The minimum atomic E-state index is -2.88. The quantitative estimate of drug-likeness (QED) is 0.734. The summed E-state index contributed by atoms with van der Waals surface area (Å²) in [5.41, 5.74) is 0.431. The lowest BCUT2D eigenvalue weighted by Gasteiger charge is -2.13. The van der Waals surface area contributed by atoms with E-state index in [1.165, 1.54) is 18.2 Å². The zero-order chi connectivity index (χ0) is 12.1. The Hall–Kier alpha value is -1.19. The molecule has 0 saturated heterocycles. The summed E-state index contributed by atoms with van der Waals surface area (Å²) in [6, 6.07) is 3.73. The van der Waals surface area contributed by atoms with E-state index in [-0.39, 0.29) is 17.5 Å². The van der Waals surface area contributed by atoms with Crippen molar-refractivity contribution in [2.75, 3.05) is 0 Å². The Bertz CT molecular complexity index is 339. The first-order chi connectivity index (χ1) is 7.54. The third-order valence-corrected chi connectivity index (χ3v) is 2.45. The Balaban J connectivity index is 2.89. The van der Waals surface area contributed by atoms with Crippen LogP contribution >= 0.6 is 0 Å². The largest absolute Gasteiger partial charge is 0.435 e. The number of alkyl halides is 2. The van der Waals surface area contributed by atoms with Gasteiger partial charge in [-0.1, -0.05) is 20.3 Å². The molecule has 1 nitrogen and oxygen atoms in total. The van der Waals surface area contributed by atoms with E-state index >= 15 is 0 Å². The Labute approximate surface area is 93.2 Å². The first-order valence-electron chi connectivity index (χ1n) is 5.28. The summed E-state index contributed by atoms with van der Waals surface area (Å²) in [6.45, 7) is 0.988. The molecule has 0 heterocycles. The maximum Gasteiger partial charge on any atom is 0.387 e. The second kappa shape index (κ2) is 5.77. The van der Waals surface area contributed by atoms with Crippen molar-refractivity contribution < 1.29 is 17.9 Å². The number of benzene rings is 1. The van der Waals surface area contributed by atoms with Crippen molar-refractivity contribution in [3.8, 4) is 5.75 Å². The number of hydrogen-bond acceptors (Lipinski definition) is 1. The van der Waals surface area contributed by atoms with Gasteiger partial charge in [-0.05, 0) is 36.1 Å². The van der Waals surface area contributed by atoms with E-state index in [2.05, 4.69) is 4.74 Å². The summed E-state index contributed by atoms with van der Waals surface area (Å²) in [6.07, 6.45) is 1.73. The first-order valence-corrected chi connectivity index (χ1v) is 5.28. The van der Waals surface area contributed by atoms with E-state index in [1.807, 2.05) is 13.8 Å². The van der Waals surface area contributed by atoms with Crippen LogP contribution in [0.25, 0.3) is 0 Å². The van der Waals surface area contributed by atoms with Gasteiger partial charge in [0.1, 0.15) is 11.6 Å². The standard InChI is InChI=1S/C12H15F3O/c1-3-4-8(2)10-7-9(16-12(14)15)5-6-11(10)13/h5-8,12H,3-4H2,1-2H3. The highest BCUT2D eigenvalue weighted by Gasteiger charge is 2.13. The molecule has 0 saturated carbocycles. The average Bonchev–Trinajstić information content (AvgIpc) is 2.20. The normalized spacial score (nSPS) is 12.9. The summed E-state index contributed by atoms with van der Waals surface area (Å²) < 4.78 is 41.6. The van der Waals surface area contributed by atoms with Crippen molar-refractivity contribution in [2.45, 2.75) is 39.2 Å². The Morgan fingerprint density at radius 3 is 2.56 bits per heavy atom. The van der Waals surface area contributed by atoms with Crippen LogP contribution in [0.4, 0.5) is 13.2 Å². The molecule has 1 aromatic carbocycles. The average molecular weight is 232 g/mol. The van der Waals surface area contributed by atoms with Gasteiger partial charge in [0.05, 0.1) is 0 Å². The van der Waals surface area contributed by atoms with Gasteiger partial charge in [0, 0.05) is 0 Å². The molecule has 1 rings (SSSR count). The van der Waals surface area contributed by atoms with E-state index in [4.69, 9.17) is 0 Å². The Kier molecular flexibility index (Phi) is 4.65. The van der Waals surface area contributed by atoms with Gasteiger partial charge in [-0.15, -0.1) is 0 Å². The van der Waals surface area contributed by atoms with Crippen LogP contribution in [0, 0.1) is 5.82 Å². The smallest absolute Gasteiger partial charge is 0.387 e. The number of hydrogen-bond donors (Lipinski definition) is 0. The van der Waals surface area contributed by atoms with E-state index < -0.39 is 6.61 Å².